The fourth-order valence-corrected chi connectivity index (χ4v) is 0.551. The van der Waals surface area contributed by atoms with Crippen LogP contribution < -0.4 is 0 Å². The van der Waals surface area contributed by atoms with Crippen LogP contribution in [0.25, 0.3) is 0 Å². The second kappa shape index (κ2) is 11.2. The molecule has 13 heavy (non-hydrogen) atoms. The van der Waals surface area contributed by atoms with Gasteiger partial charge >= 0.3 is 0 Å². The summed E-state index contributed by atoms with van der Waals surface area (Å²) in [5, 5.41) is 0. The Hall–Kier alpha value is -0.850. The van der Waals surface area contributed by atoms with Crippen LogP contribution in [-0.2, 0) is 0 Å². The summed E-state index contributed by atoms with van der Waals surface area (Å²) in [6, 6.07) is 6.70. The Morgan fingerprint density at radius 3 is 1.69 bits per heavy atom. The number of hydrogen-bond donors (Lipinski definition) is 0. The molecule has 0 amide bonds. The van der Waals surface area contributed by atoms with E-state index in [1.54, 1.807) is 19.1 Å². The lowest BCUT2D eigenvalue weighted by Gasteiger charge is -1.89. The second-order valence-corrected chi connectivity index (χ2v) is 2.46. The number of halogens is 1. The molecule has 0 aliphatic rings. The van der Waals surface area contributed by atoms with Crippen LogP contribution >= 0.6 is 0 Å². The van der Waals surface area contributed by atoms with Gasteiger partial charge in [0.25, 0.3) is 0 Å². The van der Waals surface area contributed by atoms with E-state index in [1.165, 1.54) is 12.5 Å². The van der Waals surface area contributed by atoms with Gasteiger partial charge in [0, 0.05) is 0 Å². The molecule has 0 aliphatic carbocycles. The summed E-state index contributed by atoms with van der Waals surface area (Å²) in [6.07, 6.45) is 1.25. The topological polar surface area (TPSA) is 0 Å². The molecule has 0 bridgehead atoms. The van der Waals surface area contributed by atoms with E-state index in [2.05, 4.69) is 13.8 Å². The molecule has 0 saturated heterocycles. The highest BCUT2D eigenvalue weighted by Gasteiger charge is 1.88. The number of aryl methyl sites for hydroxylation is 1. The van der Waals surface area contributed by atoms with E-state index in [1.807, 2.05) is 19.9 Å². The summed E-state index contributed by atoms with van der Waals surface area (Å²) < 4.78 is 12.3. The summed E-state index contributed by atoms with van der Waals surface area (Å²) >= 11 is 0. The molecule has 0 unspecified atom stereocenters. The molecular formula is C12H21F. The molecule has 0 aliphatic heterocycles. The molecule has 0 radical (unpaired) electrons. The van der Waals surface area contributed by atoms with Gasteiger partial charge in [-0.2, -0.15) is 0 Å². The minimum atomic E-state index is -0.132. The fraction of sp³-hybridized carbons (Fsp3) is 0.500. The lowest BCUT2D eigenvalue weighted by molar-refractivity contribution is 0.618. The molecule has 0 aromatic heterocycles. The summed E-state index contributed by atoms with van der Waals surface area (Å²) in [5.74, 6) is -0.132. The van der Waals surface area contributed by atoms with Gasteiger partial charge in [-0.1, -0.05) is 52.3 Å². The minimum Gasteiger partial charge on any atom is -0.207 e. The molecule has 0 saturated carbocycles. The van der Waals surface area contributed by atoms with Crippen LogP contribution in [0.15, 0.2) is 24.3 Å². The smallest absolute Gasteiger partial charge is 0.126 e. The fourth-order valence-electron chi connectivity index (χ4n) is 0.551. The summed E-state index contributed by atoms with van der Waals surface area (Å²) in [7, 11) is 0. The monoisotopic (exact) mass is 184 g/mol. The third kappa shape index (κ3) is 9.06. The van der Waals surface area contributed by atoms with Crippen molar-refractivity contribution in [3.63, 3.8) is 0 Å². The SMILES string of the molecule is CC.CCC.Cc1ccccc1F. The lowest BCUT2D eigenvalue weighted by Crippen LogP contribution is -1.76. The van der Waals surface area contributed by atoms with Crippen molar-refractivity contribution in [3.8, 4) is 0 Å². The van der Waals surface area contributed by atoms with Crippen LogP contribution in [0.1, 0.15) is 39.7 Å². The van der Waals surface area contributed by atoms with Gasteiger partial charge in [0.2, 0.25) is 0 Å². The van der Waals surface area contributed by atoms with Crippen LogP contribution in [0, 0.1) is 12.7 Å². The highest BCUT2D eigenvalue weighted by molar-refractivity contribution is 5.14. The van der Waals surface area contributed by atoms with Crippen molar-refractivity contribution in [3.05, 3.63) is 35.6 Å². The van der Waals surface area contributed by atoms with Gasteiger partial charge in [-0.3, -0.25) is 0 Å². The van der Waals surface area contributed by atoms with Crippen LogP contribution in [0.5, 0.6) is 0 Å². The molecule has 0 spiro atoms. The predicted octanol–water partition coefficient (Wildman–Crippen LogP) is 4.58. The molecular weight excluding hydrogens is 163 g/mol. The summed E-state index contributed by atoms with van der Waals surface area (Å²) in [4.78, 5) is 0. The van der Waals surface area contributed by atoms with E-state index in [0.29, 0.717) is 5.56 Å². The van der Waals surface area contributed by atoms with E-state index < -0.39 is 0 Å². The second-order valence-electron chi connectivity index (χ2n) is 2.46. The maximum atomic E-state index is 12.3. The average molecular weight is 184 g/mol. The number of rotatable bonds is 0. The van der Waals surface area contributed by atoms with Gasteiger partial charge in [-0.25, -0.2) is 4.39 Å². The quantitative estimate of drug-likeness (QED) is 0.553. The summed E-state index contributed by atoms with van der Waals surface area (Å²) in [5.41, 5.74) is 0.701. The first-order chi connectivity index (χ1) is 6.22. The first-order valence-electron chi connectivity index (χ1n) is 4.93. The Bertz CT molecular complexity index is 173. The van der Waals surface area contributed by atoms with E-state index in [9.17, 15) is 4.39 Å². The molecule has 0 nitrogen and oxygen atoms in total. The molecule has 0 heterocycles. The van der Waals surface area contributed by atoms with E-state index in [4.69, 9.17) is 0 Å². The first-order valence-corrected chi connectivity index (χ1v) is 4.93. The van der Waals surface area contributed by atoms with Crippen molar-refractivity contribution in [1.29, 1.82) is 0 Å². The van der Waals surface area contributed by atoms with Gasteiger partial charge < -0.3 is 0 Å². The summed E-state index contributed by atoms with van der Waals surface area (Å²) in [6.45, 7) is 10.00. The van der Waals surface area contributed by atoms with E-state index in [-0.39, 0.29) is 5.82 Å². The highest BCUT2D eigenvalue weighted by Crippen LogP contribution is 2.01. The third-order valence-corrected chi connectivity index (χ3v) is 1.08. The van der Waals surface area contributed by atoms with Crippen molar-refractivity contribution in [1.82, 2.24) is 0 Å². The maximum Gasteiger partial charge on any atom is 0.126 e. The molecule has 1 aromatic carbocycles. The van der Waals surface area contributed by atoms with Crippen LogP contribution in [0.4, 0.5) is 4.39 Å². The van der Waals surface area contributed by atoms with Gasteiger partial charge in [0.15, 0.2) is 0 Å². The van der Waals surface area contributed by atoms with Crippen LogP contribution in [0.3, 0.4) is 0 Å². The molecule has 0 N–H and O–H groups in total. The van der Waals surface area contributed by atoms with Gasteiger partial charge in [0.05, 0.1) is 0 Å². The Balaban J connectivity index is 0. The van der Waals surface area contributed by atoms with Crippen molar-refractivity contribution in [2.45, 2.75) is 41.0 Å². The van der Waals surface area contributed by atoms with Crippen LogP contribution in [-0.4, -0.2) is 0 Å². The van der Waals surface area contributed by atoms with E-state index in [0.717, 1.165) is 0 Å². The predicted molar refractivity (Wildman–Crippen MR) is 58.5 cm³/mol. The van der Waals surface area contributed by atoms with Gasteiger partial charge in [-0.15, -0.1) is 0 Å². The zero-order valence-electron chi connectivity index (χ0n) is 9.39. The molecule has 1 aromatic rings. The van der Waals surface area contributed by atoms with Gasteiger partial charge in [0.1, 0.15) is 5.82 Å². The first kappa shape index (κ1) is 14.7. The Morgan fingerprint density at radius 1 is 1.08 bits per heavy atom. The van der Waals surface area contributed by atoms with Gasteiger partial charge in [-0.05, 0) is 18.6 Å². The molecule has 0 fully saturated rings. The van der Waals surface area contributed by atoms with Crippen molar-refractivity contribution in [2.24, 2.45) is 0 Å². The number of benzene rings is 1. The highest BCUT2D eigenvalue weighted by atomic mass is 19.1. The number of hydrogen-bond acceptors (Lipinski definition) is 0. The van der Waals surface area contributed by atoms with Crippen LogP contribution in [0.2, 0.25) is 0 Å². The molecule has 1 rings (SSSR count). The Labute approximate surface area is 81.8 Å². The zero-order chi connectivity index (χ0) is 10.7. The molecule has 0 atom stereocenters. The lowest BCUT2D eigenvalue weighted by atomic mass is 10.2. The van der Waals surface area contributed by atoms with E-state index >= 15 is 0 Å². The maximum absolute atomic E-state index is 12.3. The average Bonchev–Trinajstić information content (AvgIpc) is 2.15. The van der Waals surface area contributed by atoms with Crippen molar-refractivity contribution in [2.75, 3.05) is 0 Å². The third-order valence-electron chi connectivity index (χ3n) is 1.08. The normalized spacial score (nSPS) is 7.54. The Kier molecular flexibility index (Phi) is 12.6. The molecule has 1 heteroatoms. The van der Waals surface area contributed by atoms with Crippen molar-refractivity contribution >= 4 is 0 Å². The van der Waals surface area contributed by atoms with Crippen molar-refractivity contribution < 1.29 is 4.39 Å². The Morgan fingerprint density at radius 2 is 1.46 bits per heavy atom. The minimum absolute atomic E-state index is 0.132. The standard InChI is InChI=1S/C7H7F.C3H8.C2H6/c1-6-4-2-3-5-7(6)8;1-3-2;1-2/h2-5H,1H3;3H2,1-2H3;1-2H3. The largest absolute Gasteiger partial charge is 0.207 e. The zero-order valence-corrected chi connectivity index (χ0v) is 9.39. The molecule has 76 valence electrons.